The minimum absolute atomic E-state index is 0.508. The lowest BCUT2D eigenvalue weighted by Gasteiger charge is -2.33. The van der Waals surface area contributed by atoms with Gasteiger partial charge in [0, 0.05) is 13.2 Å². The Morgan fingerprint density at radius 2 is 2.06 bits per heavy atom. The van der Waals surface area contributed by atoms with E-state index in [1.54, 1.807) is 0 Å². The molecule has 0 amide bonds. The molecule has 1 fully saturated rings. The summed E-state index contributed by atoms with van der Waals surface area (Å²) in [6.07, 6.45) is 2.07. The van der Waals surface area contributed by atoms with Gasteiger partial charge in [-0.15, -0.1) is 0 Å². The van der Waals surface area contributed by atoms with E-state index in [4.69, 9.17) is 4.74 Å². The molecule has 2 N–H and O–H groups in total. The van der Waals surface area contributed by atoms with Crippen LogP contribution in [0.3, 0.4) is 0 Å². The Hall–Kier alpha value is -0.610. The highest BCUT2D eigenvalue weighted by Gasteiger charge is 2.39. The summed E-state index contributed by atoms with van der Waals surface area (Å²) in [4.78, 5) is 11.3. The van der Waals surface area contributed by atoms with Crippen molar-refractivity contribution in [3.63, 3.8) is 0 Å². The zero-order valence-corrected chi connectivity index (χ0v) is 10.3. The molecule has 1 heterocycles. The van der Waals surface area contributed by atoms with Crippen LogP contribution >= 0.6 is 0 Å². The molecule has 0 aromatic carbocycles. The normalized spacial score (nSPS) is 19.9. The summed E-state index contributed by atoms with van der Waals surface area (Å²) >= 11 is 0. The molecule has 1 rings (SSSR count). The molecule has 4 heteroatoms. The van der Waals surface area contributed by atoms with Gasteiger partial charge in [0.05, 0.1) is 5.41 Å². The zero-order valence-electron chi connectivity index (χ0n) is 10.3. The van der Waals surface area contributed by atoms with Gasteiger partial charge in [0.1, 0.15) is 0 Å². The maximum atomic E-state index is 11.3. The Kier molecular flexibility index (Phi) is 5.22. The first-order chi connectivity index (χ1) is 7.57. The predicted molar refractivity (Wildman–Crippen MR) is 62.4 cm³/mol. The number of aliphatic carboxylic acids is 1. The topological polar surface area (TPSA) is 58.6 Å². The van der Waals surface area contributed by atoms with Crippen molar-refractivity contribution in [1.82, 2.24) is 5.32 Å². The third-order valence-electron chi connectivity index (χ3n) is 3.19. The van der Waals surface area contributed by atoms with E-state index in [1.165, 1.54) is 0 Å². The quantitative estimate of drug-likeness (QED) is 0.678. The third-order valence-corrected chi connectivity index (χ3v) is 3.19. The summed E-state index contributed by atoms with van der Waals surface area (Å²) < 4.78 is 5.49. The number of rotatable bonds is 6. The van der Waals surface area contributed by atoms with Crippen molar-refractivity contribution < 1.29 is 14.6 Å². The maximum Gasteiger partial charge on any atom is 0.309 e. The van der Waals surface area contributed by atoms with Crippen molar-refractivity contribution in [2.75, 3.05) is 26.3 Å². The number of hydrogen-bond donors (Lipinski definition) is 2. The van der Waals surface area contributed by atoms with Gasteiger partial charge in [-0.1, -0.05) is 13.8 Å². The second-order valence-corrected chi connectivity index (χ2v) is 5.05. The first-order valence-electron chi connectivity index (χ1n) is 6.09. The largest absolute Gasteiger partial charge is 0.481 e. The van der Waals surface area contributed by atoms with Crippen molar-refractivity contribution in [2.24, 2.45) is 11.3 Å². The van der Waals surface area contributed by atoms with Crippen LogP contribution < -0.4 is 5.32 Å². The lowest BCUT2D eigenvalue weighted by atomic mass is 9.76. The summed E-state index contributed by atoms with van der Waals surface area (Å²) in [6.45, 7) is 7.07. The van der Waals surface area contributed by atoms with Crippen LogP contribution in [0, 0.1) is 11.3 Å². The van der Waals surface area contributed by atoms with Crippen molar-refractivity contribution in [3.05, 3.63) is 0 Å². The first kappa shape index (κ1) is 13.5. The van der Waals surface area contributed by atoms with Crippen LogP contribution in [0.1, 0.15) is 33.1 Å². The molecule has 1 saturated heterocycles. The molecular formula is C12H23NO3. The lowest BCUT2D eigenvalue weighted by Crippen LogP contribution is -2.42. The van der Waals surface area contributed by atoms with Crippen LogP contribution in [-0.4, -0.2) is 37.4 Å². The summed E-state index contributed by atoms with van der Waals surface area (Å²) in [6, 6.07) is 0. The second kappa shape index (κ2) is 6.21. The molecule has 0 aliphatic carbocycles. The lowest BCUT2D eigenvalue weighted by molar-refractivity contribution is -0.152. The monoisotopic (exact) mass is 229 g/mol. The highest BCUT2D eigenvalue weighted by atomic mass is 16.5. The fourth-order valence-corrected chi connectivity index (χ4v) is 2.06. The number of carbonyl (C=O) groups is 1. The molecule has 0 saturated carbocycles. The molecule has 16 heavy (non-hydrogen) atoms. The molecule has 0 spiro atoms. The van der Waals surface area contributed by atoms with Gasteiger partial charge in [0.25, 0.3) is 0 Å². The minimum Gasteiger partial charge on any atom is -0.481 e. The van der Waals surface area contributed by atoms with E-state index in [0.29, 0.717) is 38.4 Å². The van der Waals surface area contributed by atoms with Gasteiger partial charge in [-0.05, 0) is 38.3 Å². The van der Waals surface area contributed by atoms with Gasteiger partial charge in [-0.25, -0.2) is 0 Å². The van der Waals surface area contributed by atoms with Crippen LogP contribution in [0.4, 0.5) is 0 Å². The molecule has 4 nitrogen and oxygen atoms in total. The summed E-state index contributed by atoms with van der Waals surface area (Å²) in [5.41, 5.74) is -0.553. The van der Waals surface area contributed by atoms with Crippen molar-refractivity contribution in [2.45, 2.75) is 33.1 Å². The molecule has 0 bridgehead atoms. The number of carboxylic acid groups (broad SMARTS) is 1. The van der Waals surface area contributed by atoms with Gasteiger partial charge in [-0.3, -0.25) is 4.79 Å². The zero-order chi connectivity index (χ0) is 12.0. The molecule has 0 radical (unpaired) electrons. The molecule has 0 atom stereocenters. The number of nitrogens with one attached hydrogen (secondary N) is 1. The number of piperidine rings is 1. The Morgan fingerprint density at radius 1 is 1.44 bits per heavy atom. The van der Waals surface area contributed by atoms with E-state index in [0.717, 1.165) is 13.1 Å². The van der Waals surface area contributed by atoms with Crippen LogP contribution in [0.2, 0.25) is 0 Å². The Balaban J connectivity index is 2.36. The Labute approximate surface area is 97.4 Å². The first-order valence-corrected chi connectivity index (χ1v) is 6.09. The molecule has 1 aliphatic heterocycles. The van der Waals surface area contributed by atoms with E-state index in [1.807, 2.05) is 0 Å². The Bertz CT molecular complexity index is 222. The molecule has 0 aromatic rings. The molecule has 0 aromatic heterocycles. The SMILES string of the molecule is CC(C)COCCC1(C(=O)O)CCNCC1. The highest BCUT2D eigenvalue weighted by molar-refractivity contribution is 5.74. The van der Waals surface area contributed by atoms with Crippen LogP contribution in [0.5, 0.6) is 0 Å². The highest BCUT2D eigenvalue weighted by Crippen LogP contribution is 2.32. The van der Waals surface area contributed by atoms with Crippen molar-refractivity contribution in [1.29, 1.82) is 0 Å². The van der Waals surface area contributed by atoms with E-state index in [-0.39, 0.29) is 0 Å². The van der Waals surface area contributed by atoms with Gasteiger partial charge in [-0.2, -0.15) is 0 Å². The van der Waals surface area contributed by atoms with Crippen molar-refractivity contribution in [3.8, 4) is 0 Å². The van der Waals surface area contributed by atoms with Crippen LogP contribution in [0.15, 0.2) is 0 Å². The predicted octanol–water partition coefficient (Wildman–Crippen LogP) is 1.50. The molecule has 94 valence electrons. The molecular weight excluding hydrogens is 206 g/mol. The smallest absolute Gasteiger partial charge is 0.309 e. The van der Waals surface area contributed by atoms with E-state index < -0.39 is 11.4 Å². The minimum atomic E-state index is -0.665. The fourth-order valence-electron chi connectivity index (χ4n) is 2.06. The number of ether oxygens (including phenoxy) is 1. The summed E-state index contributed by atoms with van der Waals surface area (Å²) in [5.74, 6) is -0.157. The van der Waals surface area contributed by atoms with Crippen LogP contribution in [0.25, 0.3) is 0 Å². The van der Waals surface area contributed by atoms with E-state index >= 15 is 0 Å². The summed E-state index contributed by atoms with van der Waals surface area (Å²) in [7, 11) is 0. The standard InChI is InChI=1S/C12H23NO3/c1-10(2)9-16-8-5-12(11(14)15)3-6-13-7-4-12/h10,13H,3-9H2,1-2H3,(H,14,15). The van der Waals surface area contributed by atoms with Gasteiger partial charge in [0.15, 0.2) is 0 Å². The third kappa shape index (κ3) is 3.76. The van der Waals surface area contributed by atoms with E-state index in [2.05, 4.69) is 19.2 Å². The maximum absolute atomic E-state index is 11.3. The van der Waals surface area contributed by atoms with Crippen LogP contribution in [-0.2, 0) is 9.53 Å². The van der Waals surface area contributed by atoms with Gasteiger partial charge in [0.2, 0.25) is 0 Å². The molecule has 0 unspecified atom stereocenters. The average molecular weight is 229 g/mol. The fraction of sp³-hybridized carbons (Fsp3) is 0.917. The number of hydrogen-bond acceptors (Lipinski definition) is 3. The van der Waals surface area contributed by atoms with E-state index in [9.17, 15) is 9.90 Å². The Morgan fingerprint density at radius 3 is 2.56 bits per heavy atom. The second-order valence-electron chi connectivity index (χ2n) is 5.05. The number of carboxylic acids is 1. The summed E-state index contributed by atoms with van der Waals surface area (Å²) in [5, 5.41) is 12.5. The van der Waals surface area contributed by atoms with Crippen molar-refractivity contribution >= 4 is 5.97 Å². The van der Waals surface area contributed by atoms with Gasteiger partial charge >= 0.3 is 5.97 Å². The average Bonchev–Trinajstić information content (AvgIpc) is 2.25. The van der Waals surface area contributed by atoms with Gasteiger partial charge < -0.3 is 15.2 Å². The molecule has 1 aliphatic rings.